The summed E-state index contributed by atoms with van der Waals surface area (Å²) >= 11 is 7.23. The van der Waals surface area contributed by atoms with Crippen molar-refractivity contribution in [3.05, 3.63) is 44.6 Å². The van der Waals surface area contributed by atoms with Crippen LogP contribution in [0.1, 0.15) is 16.0 Å². The maximum absolute atomic E-state index is 12.6. The summed E-state index contributed by atoms with van der Waals surface area (Å²) in [5.41, 5.74) is 8.03. The van der Waals surface area contributed by atoms with Crippen LogP contribution in [0.15, 0.2) is 29.2 Å². The molecule has 0 unspecified atom stereocenters. The highest BCUT2D eigenvalue weighted by molar-refractivity contribution is 7.89. The Labute approximate surface area is 134 Å². The molecule has 0 saturated carbocycles. The van der Waals surface area contributed by atoms with E-state index in [1.165, 1.54) is 22.7 Å². The topological polar surface area (TPSA) is 63.4 Å². The standard InChI is InChI=1S/C14H17ClN2O2S2/c1-9-6-12(16)13(7-10(9)2)21(18,19)17(3)8-11-4-5-14(15)20-11/h4-7H,8,16H2,1-3H3. The van der Waals surface area contributed by atoms with E-state index in [-0.39, 0.29) is 17.1 Å². The summed E-state index contributed by atoms with van der Waals surface area (Å²) in [6.45, 7) is 4.04. The Bertz CT molecular complexity index is 769. The van der Waals surface area contributed by atoms with Gasteiger partial charge in [0, 0.05) is 18.5 Å². The Kier molecular flexibility index (Phi) is 4.63. The largest absolute Gasteiger partial charge is 0.398 e. The zero-order valence-corrected chi connectivity index (χ0v) is 14.4. The van der Waals surface area contributed by atoms with Gasteiger partial charge in [0.05, 0.1) is 10.0 Å². The molecule has 2 aromatic rings. The number of nitrogens with zero attached hydrogens (tertiary/aromatic N) is 1. The zero-order chi connectivity index (χ0) is 15.8. The Morgan fingerprint density at radius 2 is 1.86 bits per heavy atom. The van der Waals surface area contributed by atoms with E-state index in [0.29, 0.717) is 4.34 Å². The van der Waals surface area contributed by atoms with Gasteiger partial charge in [-0.05, 0) is 49.2 Å². The van der Waals surface area contributed by atoms with Gasteiger partial charge in [-0.15, -0.1) is 11.3 Å². The van der Waals surface area contributed by atoms with Gasteiger partial charge in [0.1, 0.15) is 4.90 Å². The van der Waals surface area contributed by atoms with Crippen LogP contribution in [0.2, 0.25) is 4.34 Å². The van der Waals surface area contributed by atoms with Crippen molar-refractivity contribution in [2.45, 2.75) is 25.3 Å². The molecule has 2 rings (SSSR count). The first-order valence-electron chi connectivity index (χ1n) is 6.29. The zero-order valence-electron chi connectivity index (χ0n) is 12.1. The Balaban J connectivity index is 2.35. The molecule has 114 valence electrons. The number of rotatable bonds is 4. The van der Waals surface area contributed by atoms with Crippen molar-refractivity contribution in [1.82, 2.24) is 4.31 Å². The third-order valence-electron chi connectivity index (χ3n) is 3.32. The second kappa shape index (κ2) is 5.96. The van der Waals surface area contributed by atoms with Crippen LogP contribution in [0.5, 0.6) is 0 Å². The molecule has 0 radical (unpaired) electrons. The number of halogens is 1. The molecule has 0 saturated heterocycles. The molecule has 1 heterocycles. The quantitative estimate of drug-likeness (QED) is 0.864. The highest BCUT2D eigenvalue weighted by atomic mass is 35.5. The van der Waals surface area contributed by atoms with Crippen LogP contribution in [0, 0.1) is 13.8 Å². The fourth-order valence-electron chi connectivity index (χ4n) is 1.94. The highest BCUT2D eigenvalue weighted by Gasteiger charge is 2.24. The van der Waals surface area contributed by atoms with Crippen LogP contribution in [0.25, 0.3) is 0 Å². The van der Waals surface area contributed by atoms with Gasteiger partial charge < -0.3 is 5.73 Å². The Hall–Kier alpha value is -1.08. The predicted octanol–water partition coefficient (Wildman–Crippen LogP) is 3.42. The number of sulfonamides is 1. The van der Waals surface area contributed by atoms with E-state index in [9.17, 15) is 8.42 Å². The van der Waals surface area contributed by atoms with E-state index in [4.69, 9.17) is 17.3 Å². The number of nitrogens with two attached hydrogens (primary N) is 1. The molecular weight excluding hydrogens is 328 g/mol. The monoisotopic (exact) mass is 344 g/mol. The van der Waals surface area contributed by atoms with Crippen LogP contribution < -0.4 is 5.73 Å². The van der Waals surface area contributed by atoms with Crippen molar-refractivity contribution >= 4 is 38.6 Å². The molecule has 7 heteroatoms. The second-order valence-electron chi connectivity index (χ2n) is 4.94. The van der Waals surface area contributed by atoms with Gasteiger partial charge in [0.2, 0.25) is 10.0 Å². The van der Waals surface area contributed by atoms with Crippen molar-refractivity contribution in [2.24, 2.45) is 0 Å². The van der Waals surface area contributed by atoms with E-state index in [1.807, 2.05) is 19.9 Å². The average Bonchev–Trinajstić information content (AvgIpc) is 2.79. The third kappa shape index (κ3) is 3.40. The van der Waals surface area contributed by atoms with Crippen LogP contribution in [0.3, 0.4) is 0 Å². The SMILES string of the molecule is Cc1cc(N)c(S(=O)(=O)N(C)Cc2ccc(Cl)s2)cc1C. The lowest BCUT2D eigenvalue weighted by Crippen LogP contribution is -2.27. The normalized spacial score (nSPS) is 12.0. The lowest BCUT2D eigenvalue weighted by atomic mass is 10.1. The number of aryl methyl sites for hydroxylation is 2. The van der Waals surface area contributed by atoms with Gasteiger partial charge >= 0.3 is 0 Å². The number of hydrogen-bond acceptors (Lipinski definition) is 4. The molecule has 0 aliphatic heterocycles. The van der Waals surface area contributed by atoms with Crippen molar-refractivity contribution < 1.29 is 8.42 Å². The minimum atomic E-state index is -3.63. The minimum absolute atomic E-state index is 0.149. The number of nitrogen functional groups attached to an aromatic ring is 1. The predicted molar refractivity (Wildman–Crippen MR) is 88.3 cm³/mol. The number of anilines is 1. The highest BCUT2D eigenvalue weighted by Crippen LogP contribution is 2.28. The fraction of sp³-hybridized carbons (Fsp3) is 0.286. The summed E-state index contributed by atoms with van der Waals surface area (Å²) in [6, 6.07) is 6.89. The average molecular weight is 345 g/mol. The summed E-state index contributed by atoms with van der Waals surface area (Å²) < 4.78 is 27.2. The van der Waals surface area contributed by atoms with Crippen molar-refractivity contribution in [1.29, 1.82) is 0 Å². The molecule has 0 spiro atoms. The summed E-state index contributed by atoms with van der Waals surface area (Å²) in [5, 5.41) is 0. The molecule has 4 nitrogen and oxygen atoms in total. The maximum Gasteiger partial charge on any atom is 0.245 e. The third-order valence-corrected chi connectivity index (χ3v) is 6.40. The lowest BCUT2D eigenvalue weighted by molar-refractivity contribution is 0.470. The summed E-state index contributed by atoms with van der Waals surface area (Å²) in [4.78, 5) is 1.03. The molecule has 0 aliphatic carbocycles. The first kappa shape index (κ1) is 16.3. The molecule has 2 N–H and O–H groups in total. The van der Waals surface area contributed by atoms with E-state index >= 15 is 0 Å². The lowest BCUT2D eigenvalue weighted by Gasteiger charge is -2.18. The first-order valence-corrected chi connectivity index (χ1v) is 8.92. The molecule has 0 aliphatic rings. The van der Waals surface area contributed by atoms with Gasteiger partial charge in [-0.3, -0.25) is 0 Å². The van der Waals surface area contributed by atoms with Crippen molar-refractivity contribution in [2.75, 3.05) is 12.8 Å². The summed E-state index contributed by atoms with van der Waals surface area (Å²) in [6.07, 6.45) is 0. The molecule has 0 fully saturated rings. The van der Waals surface area contributed by atoms with E-state index in [2.05, 4.69) is 0 Å². The number of hydrogen-bond donors (Lipinski definition) is 1. The van der Waals surface area contributed by atoms with Gasteiger partial charge in [-0.2, -0.15) is 4.31 Å². The summed E-state index contributed by atoms with van der Waals surface area (Å²) in [7, 11) is -2.09. The van der Waals surface area contributed by atoms with Crippen LogP contribution in [0.4, 0.5) is 5.69 Å². The molecule has 21 heavy (non-hydrogen) atoms. The van der Waals surface area contributed by atoms with Gasteiger partial charge in [-0.25, -0.2) is 8.42 Å². The summed E-state index contributed by atoms with van der Waals surface area (Å²) in [5.74, 6) is 0. The van der Waals surface area contributed by atoms with Gasteiger partial charge in [0.25, 0.3) is 0 Å². The Morgan fingerprint density at radius 3 is 2.43 bits per heavy atom. The molecule has 1 aromatic carbocycles. The van der Waals surface area contributed by atoms with Gasteiger partial charge in [0.15, 0.2) is 0 Å². The van der Waals surface area contributed by atoms with E-state index in [0.717, 1.165) is 16.0 Å². The van der Waals surface area contributed by atoms with Crippen molar-refractivity contribution in [3.8, 4) is 0 Å². The first-order chi connectivity index (χ1) is 9.71. The molecule has 0 bridgehead atoms. The van der Waals surface area contributed by atoms with E-state index in [1.54, 1.807) is 18.2 Å². The van der Waals surface area contributed by atoms with Crippen LogP contribution in [-0.4, -0.2) is 19.8 Å². The molecule has 0 atom stereocenters. The molecule has 0 amide bonds. The fourth-order valence-corrected chi connectivity index (χ4v) is 4.49. The van der Waals surface area contributed by atoms with Crippen LogP contribution in [-0.2, 0) is 16.6 Å². The maximum atomic E-state index is 12.6. The number of benzene rings is 1. The van der Waals surface area contributed by atoms with E-state index < -0.39 is 10.0 Å². The Morgan fingerprint density at radius 1 is 1.24 bits per heavy atom. The smallest absolute Gasteiger partial charge is 0.245 e. The molecular formula is C14H17ClN2O2S2. The van der Waals surface area contributed by atoms with Crippen molar-refractivity contribution in [3.63, 3.8) is 0 Å². The molecule has 1 aromatic heterocycles. The number of thiophene rings is 1. The second-order valence-corrected chi connectivity index (χ2v) is 8.75. The minimum Gasteiger partial charge on any atom is -0.398 e. The van der Waals surface area contributed by atoms with Gasteiger partial charge in [-0.1, -0.05) is 11.6 Å². The van der Waals surface area contributed by atoms with Crippen LogP contribution >= 0.6 is 22.9 Å².